The highest BCUT2D eigenvalue weighted by molar-refractivity contribution is 7.99. The highest BCUT2D eigenvalue weighted by atomic mass is 35.5. The SMILES string of the molecule is COc1cc2c(cc1OC)C(CCc1ccc(Cl)cc1)N(C)CC2.COc1ccc2c(c1)N(C[C@H](C)CN(C)C)c1ccccc1S2. The minimum atomic E-state index is 0.393. The van der Waals surface area contributed by atoms with Crippen molar-refractivity contribution in [2.75, 3.05) is 67.0 Å². The Balaban J connectivity index is 0.000000185. The number of anilines is 2. The van der Waals surface area contributed by atoms with E-state index in [4.69, 9.17) is 25.8 Å². The first-order chi connectivity index (χ1) is 22.7. The van der Waals surface area contributed by atoms with Crippen molar-refractivity contribution in [2.45, 2.75) is 42.0 Å². The molecule has 6 rings (SSSR count). The standard InChI is InChI=1S/C20H24ClNO2.C19H24N2OS/c1-22-11-10-15-12-19(23-2)20(24-3)13-17(15)18(22)9-6-14-4-7-16(21)8-5-14;1-14(12-20(2)3)13-21-16-7-5-6-8-18(16)23-19-10-9-15(22-4)11-17(19)21/h4-5,7-8,12-13,18H,6,9-11H2,1-3H3;5-11,14H,12-13H2,1-4H3/t;14-/m.1/s1. The Morgan fingerprint density at radius 3 is 2.28 bits per heavy atom. The maximum Gasteiger partial charge on any atom is 0.161 e. The molecule has 1 unspecified atom stereocenters. The van der Waals surface area contributed by atoms with Gasteiger partial charge in [0.05, 0.1) is 32.7 Å². The summed E-state index contributed by atoms with van der Waals surface area (Å²) in [6.07, 6.45) is 3.14. The van der Waals surface area contributed by atoms with Crippen LogP contribution in [0.15, 0.2) is 88.7 Å². The molecule has 0 radical (unpaired) electrons. The van der Waals surface area contributed by atoms with Crippen molar-refractivity contribution in [2.24, 2.45) is 5.92 Å². The maximum atomic E-state index is 5.98. The predicted octanol–water partition coefficient (Wildman–Crippen LogP) is 9.01. The average Bonchev–Trinajstić information content (AvgIpc) is 3.07. The smallest absolute Gasteiger partial charge is 0.161 e. The normalized spacial score (nSPS) is 15.9. The molecule has 0 N–H and O–H groups in total. The zero-order valence-electron chi connectivity index (χ0n) is 28.8. The van der Waals surface area contributed by atoms with Crippen molar-refractivity contribution >= 4 is 34.7 Å². The van der Waals surface area contributed by atoms with Crippen LogP contribution in [0.25, 0.3) is 0 Å². The van der Waals surface area contributed by atoms with Crippen LogP contribution in [0.4, 0.5) is 11.4 Å². The summed E-state index contributed by atoms with van der Waals surface area (Å²) in [5, 5.41) is 0.788. The minimum Gasteiger partial charge on any atom is -0.497 e. The molecule has 0 aliphatic carbocycles. The van der Waals surface area contributed by atoms with Crippen molar-refractivity contribution in [3.63, 3.8) is 0 Å². The van der Waals surface area contributed by atoms with E-state index in [2.05, 4.69) is 103 Å². The third-order valence-electron chi connectivity index (χ3n) is 8.89. The van der Waals surface area contributed by atoms with Crippen LogP contribution in [0.5, 0.6) is 17.2 Å². The molecule has 4 aromatic carbocycles. The van der Waals surface area contributed by atoms with E-state index in [1.54, 1.807) is 21.3 Å². The van der Waals surface area contributed by atoms with Gasteiger partial charge in [-0.1, -0.05) is 54.6 Å². The lowest BCUT2D eigenvalue weighted by atomic mass is 9.89. The van der Waals surface area contributed by atoms with Gasteiger partial charge in [0.1, 0.15) is 5.75 Å². The summed E-state index contributed by atoms with van der Waals surface area (Å²) in [5.41, 5.74) is 6.59. The van der Waals surface area contributed by atoms with Crippen molar-refractivity contribution in [3.8, 4) is 17.2 Å². The van der Waals surface area contributed by atoms with Crippen LogP contribution in [0, 0.1) is 5.92 Å². The Bertz CT molecular complexity index is 1630. The molecule has 2 aliphatic heterocycles. The lowest BCUT2D eigenvalue weighted by molar-refractivity contribution is 0.218. The van der Waals surface area contributed by atoms with Crippen LogP contribution >= 0.6 is 23.4 Å². The van der Waals surface area contributed by atoms with E-state index in [9.17, 15) is 0 Å². The first-order valence-corrected chi connectivity index (χ1v) is 17.5. The zero-order valence-corrected chi connectivity index (χ0v) is 30.3. The van der Waals surface area contributed by atoms with Gasteiger partial charge in [-0.15, -0.1) is 0 Å². The zero-order chi connectivity index (χ0) is 33.5. The van der Waals surface area contributed by atoms with Crippen molar-refractivity contribution < 1.29 is 14.2 Å². The second-order valence-electron chi connectivity index (χ2n) is 12.7. The predicted molar refractivity (Wildman–Crippen MR) is 197 cm³/mol. The van der Waals surface area contributed by atoms with E-state index in [0.717, 1.165) is 61.2 Å². The monoisotopic (exact) mass is 673 g/mol. The second kappa shape index (κ2) is 16.2. The van der Waals surface area contributed by atoms with Gasteiger partial charge < -0.3 is 24.0 Å². The van der Waals surface area contributed by atoms with Gasteiger partial charge in [-0.25, -0.2) is 0 Å². The van der Waals surface area contributed by atoms with Crippen LogP contribution in [-0.4, -0.2) is 71.9 Å². The first kappa shape index (κ1) is 35.0. The van der Waals surface area contributed by atoms with Crippen LogP contribution in [0.3, 0.4) is 0 Å². The van der Waals surface area contributed by atoms with Crippen molar-refractivity contribution in [1.82, 2.24) is 9.80 Å². The fraction of sp³-hybridized carbons (Fsp3) is 0.385. The molecule has 250 valence electrons. The number of likely N-dealkylation sites (N-methyl/N-ethyl adjacent to an activating group) is 1. The molecule has 0 fully saturated rings. The van der Waals surface area contributed by atoms with Gasteiger partial charge in [0.2, 0.25) is 0 Å². The topological polar surface area (TPSA) is 37.4 Å². The molecule has 0 bridgehead atoms. The van der Waals surface area contributed by atoms with Gasteiger partial charge in [-0.05, 0) is 112 Å². The summed E-state index contributed by atoms with van der Waals surface area (Å²) >= 11 is 7.82. The maximum absolute atomic E-state index is 5.98. The molecule has 47 heavy (non-hydrogen) atoms. The van der Waals surface area contributed by atoms with Crippen molar-refractivity contribution in [3.05, 3.63) is 101 Å². The lowest BCUT2D eigenvalue weighted by Crippen LogP contribution is -2.32. The molecule has 0 amide bonds. The number of ether oxygens (including phenoxy) is 3. The first-order valence-electron chi connectivity index (χ1n) is 16.3. The molecule has 2 aliphatic rings. The number of aryl methyl sites for hydroxylation is 1. The summed E-state index contributed by atoms with van der Waals surface area (Å²) in [5.74, 6) is 3.11. The number of fused-ring (bicyclic) bond motifs is 3. The Kier molecular flexibility index (Phi) is 12.0. The molecular formula is C39H48ClN3O3S. The fourth-order valence-electron chi connectivity index (χ4n) is 6.61. The number of halogens is 1. The molecule has 8 heteroatoms. The van der Waals surface area contributed by atoms with E-state index in [1.165, 1.54) is 37.9 Å². The lowest BCUT2D eigenvalue weighted by Gasteiger charge is -2.35. The number of methoxy groups -OCH3 is 3. The van der Waals surface area contributed by atoms with E-state index in [-0.39, 0.29) is 0 Å². The molecule has 0 saturated carbocycles. The van der Waals surface area contributed by atoms with Gasteiger partial charge in [-0.3, -0.25) is 4.90 Å². The number of para-hydroxylation sites is 1. The Morgan fingerprint density at radius 2 is 1.57 bits per heavy atom. The molecule has 0 saturated heterocycles. The Labute approximate surface area is 290 Å². The third kappa shape index (κ3) is 8.57. The summed E-state index contributed by atoms with van der Waals surface area (Å²) in [4.78, 5) is 9.74. The molecule has 2 heterocycles. The molecule has 0 spiro atoms. The highest BCUT2D eigenvalue weighted by Gasteiger charge is 2.27. The Hall–Kier alpha value is -3.36. The Morgan fingerprint density at radius 1 is 0.872 bits per heavy atom. The van der Waals surface area contributed by atoms with Crippen LogP contribution in [0.2, 0.25) is 5.02 Å². The van der Waals surface area contributed by atoms with Crippen LogP contribution in [0.1, 0.15) is 36.1 Å². The minimum absolute atomic E-state index is 0.393. The number of hydrogen-bond acceptors (Lipinski definition) is 7. The summed E-state index contributed by atoms with van der Waals surface area (Å²) in [6.45, 7) is 5.44. The van der Waals surface area contributed by atoms with Gasteiger partial charge in [0, 0.05) is 46.6 Å². The fourth-order valence-corrected chi connectivity index (χ4v) is 7.81. The summed E-state index contributed by atoms with van der Waals surface area (Å²) in [6, 6.07) is 27.8. The van der Waals surface area contributed by atoms with E-state index in [0.29, 0.717) is 12.0 Å². The molecule has 6 nitrogen and oxygen atoms in total. The van der Waals surface area contributed by atoms with E-state index < -0.39 is 0 Å². The van der Waals surface area contributed by atoms with Gasteiger partial charge in [0.15, 0.2) is 11.5 Å². The van der Waals surface area contributed by atoms with Crippen LogP contribution in [-0.2, 0) is 12.8 Å². The number of benzene rings is 4. The van der Waals surface area contributed by atoms with Gasteiger partial charge in [-0.2, -0.15) is 0 Å². The average molecular weight is 674 g/mol. The molecule has 2 atom stereocenters. The van der Waals surface area contributed by atoms with Gasteiger partial charge in [0.25, 0.3) is 0 Å². The molecule has 4 aromatic rings. The largest absolute Gasteiger partial charge is 0.497 e. The number of hydrogen-bond donors (Lipinski definition) is 0. The number of rotatable bonds is 10. The molecular weight excluding hydrogens is 626 g/mol. The third-order valence-corrected chi connectivity index (χ3v) is 10.3. The molecule has 0 aromatic heterocycles. The second-order valence-corrected chi connectivity index (χ2v) is 14.2. The quantitative estimate of drug-likeness (QED) is 0.166. The van der Waals surface area contributed by atoms with Crippen LogP contribution < -0.4 is 19.1 Å². The van der Waals surface area contributed by atoms with Crippen molar-refractivity contribution in [1.29, 1.82) is 0 Å². The summed E-state index contributed by atoms with van der Waals surface area (Å²) in [7, 11) is 11.6. The highest BCUT2D eigenvalue weighted by Crippen LogP contribution is 2.49. The van der Waals surface area contributed by atoms with Gasteiger partial charge >= 0.3 is 0 Å². The van der Waals surface area contributed by atoms with E-state index >= 15 is 0 Å². The summed E-state index contributed by atoms with van der Waals surface area (Å²) < 4.78 is 16.4. The number of nitrogens with zero attached hydrogens (tertiary/aromatic N) is 3. The van der Waals surface area contributed by atoms with E-state index in [1.807, 2.05) is 30.0 Å².